The van der Waals surface area contributed by atoms with Crippen molar-refractivity contribution in [1.29, 1.82) is 0 Å². The number of ether oxygens (including phenoxy) is 2. The first-order chi connectivity index (χ1) is 19.4. The number of phosphoric acid groups is 1. The number of benzene rings is 2. The molecule has 220 valence electrons. The van der Waals surface area contributed by atoms with Gasteiger partial charge in [-0.15, -0.1) is 0 Å². The molecule has 1 aliphatic rings. The Kier molecular flexibility index (Phi) is 9.69. The van der Waals surface area contributed by atoms with Crippen molar-refractivity contribution in [3.8, 4) is 0 Å². The van der Waals surface area contributed by atoms with E-state index in [0.717, 1.165) is 10.1 Å². The molecule has 0 radical (unpaired) electrons. The summed E-state index contributed by atoms with van der Waals surface area (Å²) in [5.41, 5.74) is -0.787. The SMILES string of the molecule is C[N+](C)(CCOP(=O)(O)OC[C@H]1O[C@@H](n2cc(F)c(=O)[nH]c2=O)C[C@@H]1OC(=O)c1ccccc1)Cc1ccccc1. The van der Waals surface area contributed by atoms with Gasteiger partial charge in [0.05, 0.1) is 32.5 Å². The standard InChI is InChI=1S/C27H31FN3O9P/c1-31(2,17-19-9-5-3-6-10-19)13-14-37-41(35,36)38-18-23-22(40-26(33)20-11-7-4-8-12-20)15-24(39-23)30-16-21(28)25(32)29-27(30)34/h3-12,16,22-24H,13-15,17-18H2,1-2H3,(H-,29,32,34,35,36)/p+1/t22-,23+,24+/m0/s1. The van der Waals surface area contributed by atoms with Crippen LogP contribution in [0.15, 0.2) is 76.4 Å². The highest BCUT2D eigenvalue weighted by atomic mass is 31.2. The van der Waals surface area contributed by atoms with Crippen LogP contribution in [0.2, 0.25) is 0 Å². The second-order valence-electron chi connectivity index (χ2n) is 10.2. The highest BCUT2D eigenvalue weighted by Crippen LogP contribution is 2.44. The van der Waals surface area contributed by atoms with E-state index < -0.39 is 55.9 Å². The summed E-state index contributed by atoms with van der Waals surface area (Å²) in [6, 6.07) is 17.9. The van der Waals surface area contributed by atoms with E-state index in [4.69, 9.17) is 18.5 Å². The normalized spacial score (nSPS) is 20.4. The van der Waals surface area contributed by atoms with E-state index in [1.54, 1.807) is 18.2 Å². The Morgan fingerprint density at radius 1 is 1.12 bits per heavy atom. The first-order valence-electron chi connectivity index (χ1n) is 12.8. The summed E-state index contributed by atoms with van der Waals surface area (Å²) in [6.07, 6.45) is -2.77. The van der Waals surface area contributed by atoms with Crippen LogP contribution in [0.25, 0.3) is 0 Å². The third-order valence-corrected chi connectivity index (χ3v) is 7.47. The number of quaternary nitrogens is 1. The van der Waals surface area contributed by atoms with Crippen LogP contribution >= 0.6 is 7.82 Å². The fourth-order valence-electron chi connectivity index (χ4n) is 4.36. The molecule has 41 heavy (non-hydrogen) atoms. The van der Waals surface area contributed by atoms with Gasteiger partial charge in [0, 0.05) is 12.0 Å². The number of nitrogens with one attached hydrogen (secondary N) is 1. The monoisotopic (exact) mass is 592 g/mol. The zero-order valence-corrected chi connectivity index (χ0v) is 23.4. The van der Waals surface area contributed by atoms with Gasteiger partial charge in [0.15, 0.2) is 0 Å². The zero-order chi connectivity index (χ0) is 29.6. The van der Waals surface area contributed by atoms with Gasteiger partial charge in [-0.2, -0.15) is 4.39 Å². The van der Waals surface area contributed by atoms with E-state index >= 15 is 0 Å². The Hall–Kier alpha value is -3.45. The molecule has 1 unspecified atom stereocenters. The minimum absolute atomic E-state index is 0.0831. The summed E-state index contributed by atoms with van der Waals surface area (Å²) in [5, 5.41) is 0. The Morgan fingerprint density at radius 2 is 1.78 bits per heavy atom. The number of rotatable bonds is 12. The molecular formula is C27H32FN3O9P+. The van der Waals surface area contributed by atoms with Gasteiger partial charge < -0.3 is 18.9 Å². The van der Waals surface area contributed by atoms with Crippen LogP contribution in [0.1, 0.15) is 28.6 Å². The molecule has 0 spiro atoms. The second-order valence-corrected chi connectivity index (χ2v) is 11.7. The summed E-state index contributed by atoms with van der Waals surface area (Å²) >= 11 is 0. The second kappa shape index (κ2) is 13.0. The maximum absolute atomic E-state index is 13.9. The lowest BCUT2D eigenvalue weighted by atomic mass is 10.1. The van der Waals surface area contributed by atoms with Crippen LogP contribution in [0.5, 0.6) is 0 Å². The fourth-order valence-corrected chi connectivity index (χ4v) is 5.09. The maximum Gasteiger partial charge on any atom is 0.472 e. The number of phosphoric ester groups is 1. The van der Waals surface area contributed by atoms with Crippen LogP contribution < -0.4 is 11.2 Å². The number of hydrogen-bond acceptors (Lipinski definition) is 8. The Morgan fingerprint density at radius 3 is 2.46 bits per heavy atom. The lowest BCUT2D eigenvalue weighted by molar-refractivity contribution is -0.903. The molecule has 2 aromatic carbocycles. The highest BCUT2D eigenvalue weighted by molar-refractivity contribution is 7.47. The smallest absolute Gasteiger partial charge is 0.456 e. The van der Waals surface area contributed by atoms with E-state index in [2.05, 4.69) is 0 Å². The number of aromatic nitrogens is 2. The molecule has 4 rings (SSSR count). The molecule has 0 saturated carbocycles. The van der Waals surface area contributed by atoms with Gasteiger partial charge in [0.2, 0.25) is 5.82 Å². The van der Waals surface area contributed by atoms with Crippen molar-refractivity contribution in [3.05, 3.63) is 105 Å². The van der Waals surface area contributed by atoms with E-state index in [0.29, 0.717) is 23.8 Å². The average Bonchev–Trinajstić information content (AvgIpc) is 3.32. The predicted molar refractivity (Wildman–Crippen MR) is 144 cm³/mol. The van der Waals surface area contributed by atoms with Crippen LogP contribution in [-0.2, 0) is 29.6 Å². The van der Waals surface area contributed by atoms with Gasteiger partial charge >= 0.3 is 19.5 Å². The van der Waals surface area contributed by atoms with Gasteiger partial charge in [-0.25, -0.2) is 14.2 Å². The maximum atomic E-state index is 13.9. The molecule has 0 aliphatic carbocycles. The number of aromatic amines is 1. The predicted octanol–water partition coefficient (Wildman–Crippen LogP) is 2.60. The zero-order valence-electron chi connectivity index (χ0n) is 22.6. The highest BCUT2D eigenvalue weighted by Gasteiger charge is 2.41. The third-order valence-electron chi connectivity index (χ3n) is 6.49. The average molecular weight is 593 g/mol. The number of carbonyl (C=O) groups excluding carboxylic acids is 1. The third kappa shape index (κ3) is 8.52. The molecule has 2 heterocycles. The largest absolute Gasteiger partial charge is 0.472 e. The summed E-state index contributed by atoms with van der Waals surface area (Å²) in [7, 11) is -0.639. The first kappa shape index (κ1) is 30.5. The molecule has 1 aromatic heterocycles. The van der Waals surface area contributed by atoms with Gasteiger partial charge in [0.1, 0.15) is 38.1 Å². The summed E-state index contributed by atoms with van der Waals surface area (Å²) < 4.78 is 49.5. The van der Waals surface area contributed by atoms with Gasteiger partial charge in [-0.3, -0.25) is 23.4 Å². The fraction of sp³-hybridized carbons (Fsp3) is 0.370. The van der Waals surface area contributed by atoms with Gasteiger partial charge in [-0.05, 0) is 12.1 Å². The summed E-state index contributed by atoms with van der Waals surface area (Å²) in [6.45, 7) is 0.459. The minimum Gasteiger partial charge on any atom is -0.456 e. The van der Waals surface area contributed by atoms with Crippen LogP contribution in [0.4, 0.5) is 4.39 Å². The van der Waals surface area contributed by atoms with E-state index in [-0.39, 0.29) is 18.6 Å². The molecule has 1 aliphatic heterocycles. The van der Waals surface area contributed by atoms with Crippen LogP contribution in [0.3, 0.4) is 0 Å². The molecule has 1 saturated heterocycles. The molecule has 2 N–H and O–H groups in total. The number of H-pyrrole nitrogens is 1. The number of nitrogens with zero attached hydrogens (tertiary/aromatic N) is 2. The van der Waals surface area contributed by atoms with Crippen LogP contribution in [0, 0.1) is 5.82 Å². The van der Waals surface area contributed by atoms with Crippen molar-refractivity contribution in [2.24, 2.45) is 0 Å². The van der Waals surface area contributed by atoms with Crippen molar-refractivity contribution in [1.82, 2.24) is 9.55 Å². The first-order valence-corrected chi connectivity index (χ1v) is 14.3. The lowest BCUT2D eigenvalue weighted by Gasteiger charge is -2.30. The Bertz CT molecular complexity index is 1500. The number of esters is 1. The molecule has 0 amide bonds. The van der Waals surface area contributed by atoms with Crippen molar-refractivity contribution >= 4 is 13.8 Å². The lowest BCUT2D eigenvalue weighted by Crippen LogP contribution is -2.41. The van der Waals surface area contributed by atoms with Crippen molar-refractivity contribution in [2.75, 3.05) is 33.9 Å². The molecule has 0 bridgehead atoms. The number of halogens is 1. The van der Waals surface area contributed by atoms with Crippen molar-refractivity contribution in [3.63, 3.8) is 0 Å². The van der Waals surface area contributed by atoms with Crippen molar-refractivity contribution in [2.45, 2.75) is 31.4 Å². The van der Waals surface area contributed by atoms with Crippen LogP contribution in [-0.4, -0.2) is 71.0 Å². The quantitative estimate of drug-likeness (QED) is 0.184. The van der Waals surface area contributed by atoms with E-state index in [9.17, 15) is 28.2 Å². The molecule has 3 aromatic rings. The van der Waals surface area contributed by atoms with E-state index in [1.807, 2.05) is 49.4 Å². The molecule has 4 atom stereocenters. The Balaban J connectivity index is 1.40. The topological polar surface area (TPSA) is 146 Å². The number of hydrogen-bond donors (Lipinski definition) is 2. The van der Waals surface area contributed by atoms with Gasteiger partial charge in [0.25, 0.3) is 5.56 Å². The molecular weight excluding hydrogens is 560 g/mol. The summed E-state index contributed by atoms with van der Waals surface area (Å²) in [5.74, 6) is -1.92. The van der Waals surface area contributed by atoms with E-state index in [1.165, 1.54) is 12.1 Å². The Labute approximate surface area is 235 Å². The molecule has 1 fully saturated rings. The number of carbonyl (C=O) groups is 1. The van der Waals surface area contributed by atoms with Gasteiger partial charge in [-0.1, -0.05) is 48.5 Å². The van der Waals surface area contributed by atoms with Crippen molar-refractivity contribution < 1.29 is 41.6 Å². The molecule has 14 heteroatoms. The number of likely N-dealkylation sites (N-methyl/N-ethyl adjacent to an activating group) is 1. The summed E-state index contributed by atoms with van der Waals surface area (Å²) in [4.78, 5) is 48.6. The minimum atomic E-state index is -4.55. The molecule has 12 nitrogen and oxygen atoms in total.